The van der Waals surface area contributed by atoms with Crippen molar-refractivity contribution in [1.82, 2.24) is 18.6 Å². The zero-order chi connectivity index (χ0) is 12.1. The molecule has 0 atom stereocenters. The number of nitrogens with zero attached hydrogens (tertiary/aromatic N) is 3. The van der Waals surface area contributed by atoms with E-state index in [1.54, 1.807) is 12.5 Å². The molecule has 6 nitrogen and oxygen atoms in total. The molecular formula is C10H18N4O2S. The molecule has 0 saturated carbocycles. The third kappa shape index (κ3) is 3.52. The van der Waals surface area contributed by atoms with Crippen molar-refractivity contribution in [3.05, 3.63) is 18.7 Å². The van der Waals surface area contributed by atoms with Crippen molar-refractivity contribution in [2.45, 2.75) is 25.8 Å². The van der Waals surface area contributed by atoms with Gasteiger partial charge in [-0.3, -0.25) is 0 Å². The molecule has 17 heavy (non-hydrogen) atoms. The Morgan fingerprint density at radius 3 is 2.65 bits per heavy atom. The van der Waals surface area contributed by atoms with Crippen molar-refractivity contribution in [3.8, 4) is 0 Å². The lowest BCUT2D eigenvalue weighted by molar-refractivity contribution is 0.341. The third-order valence-corrected chi connectivity index (χ3v) is 4.48. The van der Waals surface area contributed by atoms with E-state index in [9.17, 15) is 8.42 Å². The predicted molar refractivity (Wildman–Crippen MR) is 64.6 cm³/mol. The van der Waals surface area contributed by atoms with E-state index < -0.39 is 10.2 Å². The molecule has 1 N–H and O–H groups in total. The van der Waals surface area contributed by atoms with Gasteiger partial charge in [0.1, 0.15) is 0 Å². The molecule has 2 rings (SSSR count). The van der Waals surface area contributed by atoms with Gasteiger partial charge in [-0.25, -0.2) is 9.71 Å². The Kier molecular flexibility index (Phi) is 4.14. The first-order chi connectivity index (χ1) is 8.18. The van der Waals surface area contributed by atoms with Crippen LogP contribution in [0.4, 0.5) is 0 Å². The molecule has 1 aliphatic heterocycles. The molecule has 1 aliphatic rings. The average Bonchev–Trinajstić information content (AvgIpc) is 2.83. The minimum Gasteiger partial charge on any atom is -0.336 e. The van der Waals surface area contributed by atoms with Crippen molar-refractivity contribution >= 4 is 10.2 Å². The van der Waals surface area contributed by atoms with E-state index in [-0.39, 0.29) is 0 Å². The highest BCUT2D eigenvalue weighted by Gasteiger charge is 2.22. The highest BCUT2D eigenvalue weighted by atomic mass is 32.2. The van der Waals surface area contributed by atoms with Crippen LogP contribution in [0.2, 0.25) is 0 Å². The van der Waals surface area contributed by atoms with Crippen LogP contribution in [0.15, 0.2) is 18.7 Å². The molecule has 1 saturated heterocycles. The molecule has 0 radical (unpaired) electrons. The molecular weight excluding hydrogens is 240 g/mol. The molecule has 2 heterocycles. The topological polar surface area (TPSA) is 67.2 Å². The normalized spacial score (nSPS) is 18.4. The first-order valence-electron chi connectivity index (χ1n) is 5.89. The fourth-order valence-corrected chi connectivity index (χ4v) is 3.19. The smallest absolute Gasteiger partial charge is 0.279 e. The molecule has 0 unspecified atom stereocenters. The SMILES string of the molecule is O=S(=O)(NCCn1ccnc1)N1CCCCC1. The fourth-order valence-electron chi connectivity index (χ4n) is 1.92. The highest BCUT2D eigenvalue weighted by molar-refractivity contribution is 7.87. The molecule has 1 aromatic rings. The van der Waals surface area contributed by atoms with Crippen LogP contribution in [-0.2, 0) is 16.8 Å². The first-order valence-corrected chi connectivity index (χ1v) is 7.33. The van der Waals surface area contributed by atoms with E-state index in [1.807, 2.05) is 10.8 Å². The number of aromatic nitrogens is 2. The first kappa shape index (κ1) is 12.5. The largest absolute Gasteiger partial charge is 0.336 e. The van der Waals surface area contributed by atoms with Gasteiger partial charge in [0.15, 0.2) is 0 Å². The minimum absolute atomic E-state index is 0.398. The zero-order valence-electron chi connectivity index (χ0n) is 9.75. The summed E-state index contributed by atoms with van der Waals surface area (Å²) in [4.78, 5) is 3.90. The maximum Gasteiger partial charge on any atom is 0.279 e. The summed E-state index contributed by atoms with van der Waals surface area (Å²) >= 11 is 0. The predicted octanol–water partition coefficient (Wildman–Crippen LogP) is 0.203. The fraction of sp³-hybridized carbons (Fsp3) is 0.700. The van der Waals surface area contributed by atoms with Crippen LogP contribution in [-0.4, -0.2) is 41.9 Å². The molecule has 1 aromatic heterocycles. The summed E-state index contributed by atoms with van der Waals surface area (Å²) in [6.07, 6.45) is 8.22. The van der Waals surface area contributed by atoms with E-state index in [2.05, 4.69) is 9.71 Å². The van der Waals surface area contributed by atoms with Crippen molar-refractivity contribution < 1.29 is 8.42 Å². The molecule has 0 aliphatic carbocycles. The maximum absolute atomic E-state index is 11.9. The van der Waals surface area contributed by atoms with E-state index in [4.69, 9.17) is 0 Å². The Morgan fingerprint density at radius 2 is 2.00 bits per heavy atom. The number of rotatable bonds is 5. The van der Waals surface area contributed by atoms with Crippen LogP contribution in [0.5, 0.6) is 0 Å². The van der Waals surface area contributed by atoms with E-state index in [0.717, 1.165) is 19.3 Å². The number of piperidine rings is 1. The second kappa shape index (κ2) is 5.61. The summed E-state index contributed by atoms with van der Waals surface area (Å²) in [6.45, 7) is 2.28. The summed E-state index contributed by atoms with van der Waals surface area (Å²) in [5.41, 5.74) is 0. The summed E-state index contributed by atoms with van der Waals surface area (Å²) in [6, 6.07) is 0. The van der Waals surface area contributed by atoms with Gasteiger partial charge in [0.25, 0.3) is 10.2 Å². The molecule has 96 valence electrons. The van der Waals surface area contributed by atoms with Crippen LogP contribution in [0.25, 0.3) is 0 Å². The quantitative estimate of drug-likeness (QED) is 0.820. The van der Waals surface area contributed by atoms with Crippen molar-refractivity contribution in [2.24, 2.45) is 0 Å². The molecule has 7 heteroatoms. The lowest BCUT2D eigenvalue weighted by Gasteiger charge is -2.25. The van der Waals surface area contributed by atoms with Gasteiger partial charge in [-0.15, -0.1) is 0 Å². The number of imidazole rings is 1. The number of hydrogen-bond acceptors (Lipinski definition) is 3. The Bertz CT molecular complexity index is 423. The van der Waals surface area contributed by atoms with Gasteiger partial charge < -0.3 is 4.57 Å². The van der Waals surface area contributed by atoms with Gasteiger partial charge in [0.05, 0.1) is 6.33 Å². The molecule has 0 spiro atoms. The van der Waals surface area contributed by atoms with Gasteiger partial charge in [-0.05, 0) is 12.8 Å². The molecule has 0 bridgehead atoms. The Balaban J connectivity index is 1.80. The number of hydrogen-bond donors (Lipinski definition) is 1. The van der Waals surface area contributed by atoms with Crippen molar-refractivity contribution in [3.63, 3.8) is 0 Å². The van der Waals surface area contributed by atoms with Crippen LogP contribution < -0.4 is 4.72 Å². The minimum atomic E-state index is -3.29. The summed E-state index contributed by atoms with van der Waals surface area (Å²) in [7, 11) is -3.29. The monoisotopic (exact) mass is 258 g/mol. The lowest BCUT2D eigenvalue weighted by Crippen LogP contribution is -2.44. The van der Waals surface area contributed by atoms with Crippen LogP contribution in [0, 0.1) is 0 Å². The number of nitrogens with one attached hydrogen (secondary N) is 1. The second-order valence-corrected chi connectivity index (χ2v) is 5.91. The average molecular weight is 258 g/mol. The van der Waals surface area contributed by atoms with Gasteiger partial charge in [-0.2, -0.15) is 12.7 Å². The second-order valence-electron chi connectivity index (χ2n) is 4.16. The molecule has 1 fully saturated rings. The molecule has 0 aromatic carbocycles. The van der Waals surface area contributed by atoms with Gasteiger partial charge >= 0.3 is 0 Å². The third-order valence-electron chi connectivity index (χ3n) is 2.87. The Labute approximate surface area is 102 Å². The summed E-state index contributed by atoms with van der Waals surface area (Å²) < 4.78 is 29.8. The standard InChI is InChI=1S/C10H18N4O2S/c15-17(16,14-6-2-1-3-7-14)12-5-9-13-8-4-11-10-13/h4,8,10,12H,1-3,5-7,9H2. The van der Waals surface area contributed by atoms with Crippen LogP contribution >= 0.6 is 0 Å². The summed E-state index contributed by atoms with van der Waals surface area (Å²) in [5.74, 6) is 0. The van der Waals surface area contributed by atoms with Crippen molar-refractivity contribution in [2.75, 3.05) is 19.6 Å². The van der Waals surface area contributed by atoms with E-state index in [1.165, 1.54) is 4.31 Å². The van der Waals surface area contributed by atoms with Gasteiger partial charge in [0, 0.05) is 38.6 Å². The van der Waals surface area contributed by atoms with Gasteiger partial charge in [-0.1, -0.05) is 6.42 Å². The maximum atomic E-state index is 11.9. The zero-order valence-corrected chi connectivity index (χ0v) is 10.6. The Hall–Kier alpha value is -0.920. The van der Waals surface area contributed by atoms with E-state index in [0.29, 0.717) is 26.2 Å². The van der Waals surface area contributed by atoms with E-state index >= 15 is 0 Å². The molecule has 0 amide bonds. The highest BCUT2D eigenvalue weighted by Crippen LogP contribution is 2.11. The summed E-state index contributed by atoms with van der Waals surface area (Å²) in [5, 5.41) is 0. The van der Waals surface area contributed by atoms with Crippen molar-refractivity contribution in [1.29, 1.82) is 0 Å². The lowest BCUT2D eigenvalue weighted by atomic mass is 10.2. The van der Waals surface area contributed by atoms with Crippen LogP contribution in [0.1, 0.15) is 19.3 Å². The Morgan fingerprint density at radius 1 is 1.24 bits per heavy atom. The van der Waals surface area contributed by atoms with Crippen LogP contribution in [0.3, 0.4) is 0 Å². The van der Waals surface area contributed by atoms with Gasteiger partial charge in [0.2, 0.25) is 0 Å².